The molecule has 3 unspecified atom stereocenters. The van der Waals surface area contributed by atoms with Gasteiger partial charge in [0.25, 0.3) is 5.92 Å². The van der Waals surface area contributed by atoms with Crippen LogP contribution < -0.4 is 19.5 Å². The van der Waals surface area contributed by atoms with Crippen molar-refractivity contribution in [2.45, 2.75) is 114 Å². The number of rotatable bonds is 13. The second-order valence-electron chi connectivity index (χ2n) is 16.3. The molecule has 0 aliphatic heterocycles. The second-order valence-corrected chi connectivity index (χ2v) is 18.0. The molecule has 3 fully saturated rings. The van der Waals surface area contributed by atoms with Crippen molar-refractivity contribution in [2.75, 3.05) is 6.61 Å². The van der Waals surface area contributed by atoms with E-state index in [2.05, 4.69) is 10.0 Å². The van der Waals surface area contributed by atoms with Crippen LogP contribution in [-0.2, 0) is 25.5 Å². The molecular formula is C42H52F2N2O7S. The van der Waals surface area contributed by atoms with E-state index in [1.54, 1.807) is 39.0 Å². The fourth-order valence-electron chi connectivity index (χ4n) is 8.34. The molecule has 3 aliphatic carbocycles. The van der Waals surface area contributed by atoms with Gasteiger partial charge in [0.1, 0.15) is 28.9 Å². The van der Waals surface area contributed by atoms with Gasteiger partial charge in [-0.2, -0.15) is 13.5 Å². The number of nitrogens with one attached hydrogen (secondary N) is 2. The maximum Gasteiger partial charge on any atom is 0.407 e. The summed E-state index contributed by atoms with van der Waals surface area (Å²) in [5.74, 6) is -4.83. The van der Waals surface area contributed by atoms with Crippen molar-refractivity contribution in [3.05, 3.63) is 83.9 Å². The summed E-state index contributed by atoms with van der Waals surface area (Å²) in [6.45, 7) is 7.69. The molecule has 2 N–H and O–H groups in total. The zero-order chi connectivity index (χ0) is 38.7. The maximum absolute atomic E-state index is 17.0. The Labute approximate surface area is 317 Å². The third-order valence-corrected chi connectivity index (χ3v) is 12.3. The first-order valence-electron chi connectivity index (χ1n) is 19.1. The highest BCUT2D eigenvalue weighted by Crippen LogP contribution is 2.49. The Bertz CT molecular complexity index is 1880. The fourth-order valence-corrected chi connectivity index (χ4v) is 9.55. The highest BCUT2D eigenvalue weighted by atomic mass is 32.2. The molecule has 3 atom stereocenters. The average molecular weight is 767 g/mol. The summed E-state index contributed by atoms with van der Waals surface area (Å²) >= 11 is 0. The number of carbonyl (C=O) groups excluding carboxylic acids is 2. The van der Waals surface area contributed by atoms with Gasteiger partial charge in [0.15, 0.2) is 5.78 Å². The van der Waals surface area contributed by atoms with E-state index in [-0.39, 0.29) is 28.5 Å². The highest BCUT2D eigenvalue weighted by molar-refractivity contribution is 7.89. The number of aryl methyl sites for hydroxylation is 1. The number of benzene rings is 3. The van der Waals surface area contributed by atoms with Crippen LogP contribution in [-0.4, -0.2) is 44.6 Å². The lowest BCUT2D eigenvalue weighted by molar-refractivity contribution is -0.139. The average Bonchev–Trinajstić information content (AvgIpc) is 3.39. The van der Waals surface area contributed by atoms with Crippen molar-refractivity contribution < 1.29 is 41.0 Å². The molecule has 0 aromatic heterocycles. The van der Waals surface area contributed by atoms with Crippen LogP contribution in [0.1, 0.15) is 89.7 Å². The van der Waals surface area contributed by atoms with Crippen LogP contribution in [0.25, 0.3) is 0 Å². The van der Waals surface area contributed by atoms with Crippen molar-refractivity contribution in [3.8, 4) is 17.2 Å². The van der Waals surface area contributed by atoms with Crippen molar-refractivity contribution in [2.24, 2.45) is 23.7 Å². The topological polar surface area (TPSA) is 120 Å². The van der Waals surface area contributed by atoms with Crippen LogP contribution in [0.2, 0.25) is 0 Å². The summed E-state index contributed by atoms with van der Waals surface area (Å²) in [6, 6.07) is 15.3. The molecule has 292 valence electrons. The number of alkyl carbamates (subject to hydrolysis) is 1. The second kappa shape index (κ2) is 16.4. The van der Waals surface area contributed by atoms with E-state index in [4.69, 9.17) is 14.2 Å². The zero-order valence-electron chi connectivity index (χ0n) is 31.5. The number of carbonyl (C=O) groups is 2. The summed E-state index contributed by atoms with van der Waals surface area (Å²) in [4.78, 5) is 26.8. The van der Waals surface area contributed by atoms with E-state index >= 15 is 8.78 Å². The first-order chi connectivity index (χ1) is 25.6. The van der Waals surface area contributed by atoms with E-state index in [1.807, 2.05) is 13.0 Å². The van der Waals surface area contributed by atoms with Crippen LogP contribution in [0.3, 0.4) is 0 Å². The number of Topliss-reactive ketones (excluding diaryl/α,β-unsaturated/α-hetero) is 1. The molecule has 3 aliphatic rings. The molecule has 3 aromatic carbocycles. The molecule has 12 heteroatoms. The predicted octanol–water partition coefficient (Wildman–Crippen LogP) is 9.08. The molecule has 0 spiro atoms. The highest BCUT2D eigenvalue weighted by Gasteiger charge is 2.55. The van der Waals surface area contributed by atoms with E-state index in [1.165, 1.54) is 48.9 Å². The lowest BCUT2D eigenvalue weighted by Crippen LogP contribution is -2.55. The van der Waals surface area contributed by atoms with Crippen LogP contribution in [0.15, 0.2) is 77.7 Å². The molecule has 2 bridgehead atoms. The van der Waals surface area contributed by atoms with Crippen LogP contribution >= 0.6 is 0 Å². The lowest BCUT2D eigenvalue weighted by atomic mass is 9.72. The van der Waals surface area contributed by atoms with Gasteiger partial charge in [0.05, 0.1) is 11.5 Å². The Morgan fingerprint density at radius 1 is 0.833 bits per heavy atom. The number of ketones is 1. The molecule has 54 heavy (non-hydrogen) atoms. The van der Waals surface area contributed by atoms with Gasteiger partial charge in [-0.25, -0.2) is 13.2 Å². The quantitative estimate of drug-likeness (QED) is 0.178. The standard InChI is InChI=1S/C42H52F2N2O7S/c1-27-10-8-14-34(22-27)52-35-15-9-13-31(25-35)42(43,44)39(38(47)37-29-16-17-30(37)24-32(23-29)45-40(48)53-41(2,3)4)46-54(49,50)36-20-18-33(19-21-36)51-26-28-11-6-5-7-12-28/h8-10,13-15,18-22,25,28-30,32,37,39,46H,5-7,11-12,16-17,23-24,26H2,1-4H3,(H,45,48). The van der Waals surface area contributed by atoms with E-state index in [0.717, 1.165) is 37.3 Å². The number of halogens is 2. The Kier molecular flexibility index (Phi) is 12.0. The minimum absolute atomic E-state index is 0.115. The van der Waals surface area contributed by atoms with Gasteiger partial charge in [0.2, 0.25) is 10.0 Å². The first-order valence-corrected chi connectivity index (χ1v) is 20.6. The molecule has 0 radical (unpaired) electrons. The zero-order valence-corrected chi connectivity index (χ0v) is 32.3. The number of ether oxygens (including phenoxy) is 3. The molecular weight excluding hydrogens is 715 g/mol. The van der Waals surface area contributed by atoms with E-state index in [0.29, 0.717) is 49.7 Å². The first kappa shape index (κ1) is 39.7. The molecule has 0 saturated heterocycles. The van der Waals surface area contributed by atoms with E-state index < -0.39 is 50.9 Å². The Balaban J connectivity index is 1.25. The SMILES string of the molecule is Cc1cccc(Oc2cccc(C(F)(F)C(NS(=O)(=O)c3ccc(OCC4CCCCC4)cc3)C(=O)C3C4CCC3CC(NC(=O)OC(C)(C)C)C4)c2)c1. The lowest BCUT2D eigenvalue weighted by Gasteiger charge is -2.38. The Hall–Kier alpha value is -4.03. The van der Waals surface area contributed by atoms with Crippen molar-refractivity contribution in [1.29, 1.82) is 0 Å². The van der Waals surface area contributed by atoms with Crippen molar-refractivity contribution in [3.63, 3.8) is 0 Å². The predicted molar refractivity (Wildman–Crippen MR) is 201 cm³/mol. The maximum atomic E-state index is 17.0. The van der Waals surface area contributed by atoms with Crippen molar-refractivity contribution in [1.82, 2.24) is 10.0 Å². The van der Waals surface area contributed by atoms with Crippen LogP contribution in [0.5, 0.6) is 17.2 Å². The van der Waals surface area contributed by atoms with Crippen molar-refractivity contribution >= 4 is 21.9 Å². The number of fused-ring (bicyclic) bond motifs is 2. The van der Waals surface area contributed by atoms with Gasteiger partial charge in [-0.05, 0) is 138 Å². The van der Waals surface area contributed by atoms with E-state index in [9.17, 15) is 18.0 Å². The Morgan fingerprint density at radius 3 is 2.09 bits per heavy atom. The minimum Gasteiger partial charge on any atom is -0.493 e. The normalized spacial score (nSPS) is 22.6. The van der Waals surface area contributed by atoms with Gasteiger partial charge in [-0.15, -0.1) is 0 Å². The monoisotopic (exact) mass is 766 g/mol. The Morgan fingerprint density at radius 2 is 1.46 bits per heavy atom. The van der Waals surface area contributed by atoms with Gasteiger partial charge in [-0.3, -0.25) is 4.79 Å². The number of alkyl halides is 2. The third-order valence-electron chi connectivity index (χ3n) is 10.9. The smallest absolute Gasteiger partial charge is 0.407 e. The molecule has 1 amide bonds. The summed E-state index contributed by atoms with van der Waals surface area (Å²) in [5.41, 5.74) is -0.340. The third kappa shape index (κ3) is 9.79. The summed E-state index contributed by atoms with van der Waals surface area (Å²) in [7, 11) is -4.62. The van der Waals surface area contributed by atoms with Gasteiger partial charge >= 0.3 is 6.09 Å². The van der Waals surface area contributed by atoms with Gasteiger partial charge in [-0.1, -0.05) is 43.5 Å². The summed E-state index contributed by atoms with van der Waals surface area (Å²) in [5, 5.41) is 2.89. The number of hydrogen-bond acceptors (Lipinski definition) is 7. The number of hydrogen-bond donors (Lipinski definition) is 2. The molecule has 6 rings (SSSR count). The minimum atomic E-state index is -4.62. The largest absolute Gasteiger partial charge is 0.493 e. The summed E-state index contributed by atoms with van der Waals surface area (Å²) < 4.78 is 81.2. The number of amides is 1. The van der Waals surface area contributed by atoms with Crippen LogP contribution in [0.4, 0.5) is 13.6 Å². The summed E-state index contributed by atoms with van der Waals surface area (Å²) in [6.07, 6.45) is 7.12. The van der Waals surface area contributed by atoms with Gasteiger partial charge in [0, 0.05) is 17.5 Å². The fraction of sp³-hybridized carbons (Fsp3) is 0.524. The molecule has 3 saturated carbocycles. The molecule has 9 nitrogen and oxygen atoms in total. The molecule has 3 aromatic rings. The molecule has 0 heterocycles. The van der Waals surface area contributed by atoms with Gasteiger partial charge < -0.3 is 19.5 Å². The van der Waals surface area contributed by atoms with Crippen LogP contribution in [0, 0.1) is 30.6 Å². The number of sulfonamides is 1.